The van der Waals surface area contributed by atoms with E-state index in [0.29, 0.717) is 12.3 Å². The summed E-state index contributed by atoms with van der Waals surface area (Å²) in [5, 5.41) is 2.96. The summed E-state index contributed by atoms with van der Waals surface area (Å²) in [6.45, 7) is 8.50. The van der Waals surface area contributed by atoms with Gasteiger partial charge in [-0.3, -0.25) is 9.00 Å². The Balaban J connectivity index is 1.14. The summed E-state index contributed by atoms with van der Waals surface area (Å²) in [5.74, 6) is 0.921. The first-order valence-electron chi connectivity index (χ1n) is 12.4. The molecule has 0 saturated carbocycles. The first-order valence-corrected chi connectivity index (χ1v) is 13.7. The highest BCUT2D eigenvalue weighted by atomic mass is 32.2. The van der Waals surface area contributed by atoms with Crippen LogP contribution in [0.3, 0.4) is 0 Å². The van der Waals surface area contributed by atoms with Crippen LogP contribution in [-0.2, 0) is 16.6 Å². The van der Waals surface area contributed by atoms with Gasteiger partial charge in [-0.25, -0.2) is 0 Å². The molecule has 2 fully saturated rings. The number of aryl methyl sites for hydroxylation is 1. The van der Waals surface area contributed by atoms with Crippen LogP contribution in [0.4, 0.5) is 0 Å². The van der Waals surface area contributed by atoms with Gasteiger partial charge in [-0.15, -0.1) is 0 Å². The summed E-state index contributed by atoms with van der Waals surface area (Å²) in [5.41, 5.74) is 0.996. The van der Waals surface area contributed by atoms with E-state index in [1.807, 2.05) is 31.2 Å². The van der Waals surface area contributed by atoms with Crippen LogP contribution in [0.25, 0.3) is 0 Å². The molecule has 1 atom stereocenters. The molecule has 1 aromatic heterocycles. The first-order chi connectivity index (χ1) is 16.1. The van der Waals surface area contributed by atoms with Gasteiger partial charge in [0.25, 0.3) is 5.91 Å². The molecule has 2 saturated heterocycles. The van der Waals surface area contributed by atoms with Gasteiger partial charge >= 0.3 is 0 Å². The highest BCUT2D eigenvalue weighted by Crippen LogP contribution is 2.21. The number of hydrogen-bond acceptors (Lipinski definition) is 5. The van der Waals surface area contributed by atoms with Crippen molar-refractivity contribution in [3.05, 3.63) is 53.5 Å². The van der Waals surface area contributed by atoms with Crippen LogP contribution in [0.5, 0.6) is 0 Å². The quantitative estimate of drug-likeness (QED) is 0.561. The predicted octanol–water partition coefficient (Wildman–Crippen LogP) is 3.97. The number of carbonyl (C=O) groups excluding carboxylic acids is 1. The number of benzene rings is 1. The number of amides is 1. The third kappa shape index (κ3) is 6.78. The Labute approximate surface area is 200 Å². The normalized spacial score (nSPS) is 19.4. The Morgan fingerprint density at radius 1 is 1.06 bits per heavy atom. The molecule has 3 heterocycles. The largest absolute Gasteiger partial charge is 0.455 e. The maximum absolute atomic E-state index is 12.6. The average Bonchev–Trinajstić information content (AvgIpc) is 3.31. The van der Waals surface area contributed by atoms with Crippen LogP contribution >= 0.6 is 0 Å². The number of likely N-dealkylation sites (tertiary alicyclic amines) is 2. The molecule has 2 aromatic rings. The van der Waals surface area contributed by atoms with Crippen LogP contribution in [0.15, 0.2) is 45.7 Å². The maximum atomic E-state index is 12.6. The number of nitrogens with zero attached hydrogens (tertiary/aromatic N) is 2. The zero-order chi connectivity index (χ0) is 23.0. The van der Waals surface area contributed by atoms with E-state index in [1.54, 1.807) is 12.1 Å². The third-order valence-electron chi connectivity index (χ3n) is 6.90. The topological polar surface area (TPSA) is 65.8 Å². The van der Waals surface area contributed by atoms with Crippen molar-refractivity contribution in [3.8, 4) is 0 Å². The van der Waals surface area contributed by atoms with Gasteiger partial charge < -0.3 is 19.5 Å². The average molecular weight is 472 g/mol. The third-order valence-corrected chi connectivity index (χ3v) is 8.39. The van der Waals surface area contributed by atoms with Crippen LogP contribution in [0, 0.1) is 6.92 Å². The van der Waals surface area contributed by atoms with Crippen LogP contribution in [0.2, 0.25) is 0 Å². The molecular weight excluding hydrogens is 434 g/mol. The molecule has 1 amide bonds. The van der Waals surface area contributed by atoms with E-state index in [4.69, 9.17) is 4.42 Å². The zero-order valence-electron chi connectivity index (χ0n) is 19.8. The van der Waals surface area contributed by atoms with Crippen molar-refractivity contribution < 1.29 is 13.4 Å². The van der Waals surface area contributed by atoms with E-state index in [1.165, 1.54) is 45.2 Å². The van der Waals surface area contributed by atoms with Gasteiger partial charge in [0.15, 0.2) is 5.76 Å². The number of furan rings is 1. The monoisotopic (exact) mass is 471 g/mol. The Kier molecular flexibility index (Phi) is 8.75. The summed E-state index contributed by atoms with van der Waals surface area (Å²) in [4.78, 5) is 18.5. The Morgan fingerprint density at radius 3 is 2.58 bits per heavy atom. The minimum atomic E-state index is -1.19. The van der Waals surface area contributed by atoms with E-state index in [2.05, 4.69) is 15.1 Å². The number of hydrogen-bond donors (Lipinski definition) is 1. The predicted molar refractivity (Wildman–Crippen MR) is 132 cm³/mol. The number of nitrogens with one attached hydrogen (secondary N) is 1. The summed E-state index contributed by atoms with van der Waals surface area (Å²) in [6.07, 6.45) is 7.60. The lowest BCUT2D eigenvalue weighted by atomic mass is 10.00. The van der Waals surface area contributed by atoms with Crippen molar-refractivity contribution >= 4 is 16.7 Å². The molecule has 0 spiro atoms. The Morgan fingerprint density at radius 2 is 1.82 bits per heavy atom. The van der Waals surface area contributed by atoms with Crippen LogP contribution in [-0.4, -0.2) is 65.2 Å². The molecule has 1 unspecified atom stereocenters. The fraction of sp³-hybridized carbons (Fsp3) is 0.577. The van der Waals surface area contributed by atoms with Crippen molar-refractivity contribution in [1.29, 1.82) is 0 Å². The second-order valence-electron chi connectivity index (χ2n) is 9.30. The molecule has 6 nitrogen and oxygen atoms in total. The van der Waals surface area contributed by atoms with E-state index < -0.39 is 10.8 Å². The highest BCUT2D eigenvalue weighted by Gasteiger charge is 2.25. The molecule has 4 rings (SSSR count). The molecule has 0 aliphatic carbocycles. The second-order valence-corrected chi connectivity index (χ2v) is 10.7. The molecule has 180 valence electrons. The van der Waals surface area contributed by atoms with Crippen molar-refractivity contribution in [2.45, 2.75) is 62.1 Å². The van der Waals surface area contributed by atoms with Gasteiger partial charge in [0.05, 0.1) is 16.6 Å². The second kappa shape index (κ2) is 12.0. The number of rotatable bonds is 9. The van der Waals surface area contributed by atoms with E-state index in [-0.39, 0.29) is 17.4 Å². The molecule has 7 heteroatoms. The molecule has 0 bridgehead atoms. The fourth-order valence-electron chi connectivity index (χ4n) is 4.98. The van der Waals surface area contributed by atoms with Crippen molar-refractivity contribution in [3.63, 3.8) is 0 Å². The summed E-state index contributed by atoms with van der Waals surface area (Å²) in [7, 11) is -1.19. The van der Waals surface area contributed by atoms with E-state index in [0.717, 1.165) is 42.6 Å². The molecule has 33 heavy (non-hydrogen) atoms. The lowest BCUT2D eigenvalue weighted by Crippen LogP contribution is -2.47. The van der Waals surface area contributed by atoms with E-state index in [9.17, 15) is 9.00 Å². The van der Waals surface area contributed by atoms with Gasteiger partial charge in [-0.1, -0.05) is 24.6 Å². The lowest BCUT2D eigenvalue weighted by molar-refractivity contribution is 0.0891. The summed E-state index contributed by atoms with van der Waals surface area (Å²) < 4.78 is 18.3. The summed E-state index contributed by atoms with van der Waals surface area (Å²) >= 11 is 0. The van der Waals surface area contributed by atoms with Crippen molar-refractivity contribution in [2.24, 2.45) is 0 Å². The van der Waals surface area contributed by atoms with Gasteiger partial charge in [-0.05, 0) is 95.5 Å². The lowest BCUT2D eigenvalue weighted by Gasteiger charge is -2.40. The molecule has 2 aliphatic rings. The number of carbonyl (C=O) groups is 1. The molecule has 1 N–H and O–H groups in total. The maximum Gasteiger partial charge on any atom is 0.286 e. The van der Waals surface area contributed by atoms with Gasteiger partial charge in [0, 0.05) is 17.5 Å². The number of piperidine rings is 2. The van der Waals surface area contributed by atoms with E-state index >= 15 is 0 Å². The van der Waals surface area contributed by atoms with Gasteiger partial charge in [-0.2, -0.15) is 0 Å². The standard InChI is InChI=1S/C26H37N3O3S/c1-21-8-3-4-9-25(21)33(31)20-23-10-11-24(32-23)26(30)27-14-7-15-28-18-12-22(13-19-28)29-16-5-2-6-17-29/h3-4,8-11,22H,2,5-7,12-20H2,1H3,(H,27,30). The fourth-order valence-corrected chi connectivity index (χ4v) is 6.21. The SMILES string of the molecule is Cc1ccccc1S(=O)Cc1ccc(C(=O)NCCCN2CCC(N3CCCCC3)CC2)o1. The molecular formula is C26H37N3O3S. The Bertz CT molecular complexity index is 930. The minimum absolute atomic E-state index is 0.202. The smallest absolute Gasteiger partial charge is 0.286 e. The van der Waals surface area contributed by atoms with Crippen LogP contribution in [0.1, 0.15) is 60.4 Å². The minimum Gasteiger partial charge on any atom is -0.455 e. The van der Waals surface area contributed by atoms with Gasteiger partial charge in [0.2, 0.25) is 0 Å². The summed E-state index contributed by atoms with van der Waals surface area (Å²) in [6, 6.07) is 11.8. The van der Waals surface area contributed by atoms with Crippen LogP contribution < -0.4 is 5.32 Å². The highest BCUT2D eigenvalue weighted by molar-refractivity contribution is 7.84. The van der Waals surface area contributed by atoms with Crippen molar-refractivity contribution in [1.82, 2.24) is 15.1 Å². The zero-order valence-corrected chi connectivity index (χ0v) is 20.6. The van der Waals surface area contributed by atoms with Crippen molar-refractivity contribution in [2.75, 3.05) is 39.3 Å². The molecule has 0 radical (unpaired) electrons. The first kappa shape index (κ1) is 24.2. The molecule has 2 aliphatic heterocycles. The molecule has 1 aromatic carbocycles. The van der Waals surface area contributed by atoms with Gasteiger partial charge in [0.1, 0.15) is 5.76 Å². The Hall–Kier alpha value is -1.96.